The van der Waals surface area contributed by atoms with Crippen molar-refractivity contribution in [2.24, 2.45) is 0 Å². The van der Waals surface area contributed by atoms with E-state index in [0.717, 1.165) is 42.9 Å². The van der Waals surface area contributed by atoms with E-state index < -0.39 is 0 Å². The summed E-state index contributed by atoms with van der Waals surface area (Å²) in [5.74, 6) is -0.640. The van der Waals surface area contributed by atoms with Crippen molar-refractivity contribution in [3.05, 3.63) is 52.8 Å². The van der Waals surface area contributed by atoms with E-state index in [1.165, 1.54) is 30.4 Å². The topological polar surface area (TPSA) is 74.3 Å². The summed E-state index contributed by atoms with van der Waals surface area (Å²) < 4.78 is 12.9. The summed E-state index contributed by atoms with van der Waals surface area (Å²) in [5, 5.41) is 6.06. The summed E-state index contributed by atoms with van der Waals surface area (Å²) >= 11 is 1.48. The summed E-state index contributed by atoms with van der Waals surface area (Å²) in [7, 11) is 0. The predicted molar refractivity (Wildman–Crippen MR) is 104 cm³/mol. The molecular formula is C19H21FN4O2S. The number of carbonyl (C=O) groups is 2. The Morgan fingerprint density at radius 3 is 2.59 bits per heavy atom. The molecule has 0 bridgehead atoms. The van der Waals surface area contributed by atoms with Crippen LogP contribution >= 0.6 is 11.3 Å². The van der Waals surface area contributed by atoms with Gasteiger partial charge >= 0.3 is 0 Å². The van der Waals surface area contributed by atoms with Crippen molar-refractivity contribution in [2.75, 3.05) is 23.7 Å². The fraction of sp³-hybridized carbons (Fsp3) is 0.316. The van der Waals surface area contributed by atoms with Crippen LogP contribution in [0.1, 0.15) is 24.6 Å². The first kappa shape index (κ1) is 19.2. The van der Waals surface area contributed by atoms with Crippen molar-refractivity contribution >= 4 is 34.0 Å². The molecule has 1 fully saturated rings. The lowest BCUT2D eigenvalue weighted by Gasteiger charge is -2.27. The molecule has 3 rings (SSSR count). The molecule has 0 spiro atoms. The number of hydrogen-bond donors (Lipinski definition) is 2. The summed E-state index contributed by atoms with van der Waals surface area (Å²) in [6.45, 7) is 3.98. The molecule has 8 heteroatoms. The zero-order chi connectivity index (χ0) is 19.2. The van der Waals surface area contributed by atoms with Gasteiger partial charge < -0.3 is 10.6 Å². The third-order valence-electron chi connectivity index (χ3n) is 4.16. The van der Waals surface area contributed by atoms with E-state index in [1.807, 2.05) is 0 Å². The highest BCUT2D eigenvalue weighted by atomic mass is 32.1. The highest BCUT2D eigenvalue weighted by molar-refractivity contribution is 7.15. The van der Waals surface area contributed by atoms with Gasteiger partial charge in [-0.1, -0.05) is 5.57 Å². The number of hydrogen-bond acceptors (Lipinski definition) is 5. The second-order valence-electron chi connectivity index (χ2n) is 6.39. The van der Waals surface area contributed by atoms with Crippen molar-refractivity contribution in [1.82, 2.24) is 9.88 Å². The van der Waals surface area contributed by atoms with E-state index in [9.17, 15) is 14.0 Å². The molecule has 2 aromatic rings. The number of anilines is 2. The maximum absolute atomic E-state index is 12.9. The molecular weight excluding hydrogens is 367 g/mol. The van der Waals surface area contributed by atoms with Gasteiger partial charge in [0.1, 0.15) is 5.82 Å². The van der Waals surface area contributed by atoms with Crippen LogP contribution in [0.15, 0.2) is 42.1 Å². The number of rotatable bonds is 5. The summed E-state index contributed by atoms with van der Waals surface area (Å²) in [6.07, 6.45) is 5.09. The molecule has 0 radical (unpaired) electrons. The molecule has 1 aromatic carbocycles. The van der Waals surface area contributed by atoms with Gasteiger partial charge in [-0.05, 0) is 37.1 Å². The Bertz CT molecular complexity index is 838. The normalized spacial score (nSPS) is 14.7. The number of nitrogens with zero attached hydrogens (tertiary/aromatic N) is 2. The van der Waals surface area contributed by atoms with Gasteiger partial charge in [0.05, 0.1) is 0 Å². The molecule has 0 aliphatic carbocycles. The summed E-state index contributed by atoms with van der Waals surface area (Å²) in [6, 6.07) is 5.72. The Morgan fingerprint density at radius 2 is 1.93 bits per heavy atom. The first-order valence-corrected chi connectivity index (χ1v) is 9.50. The van der Waals surface area contributed by atoms with Gasteiger partial charge in [0.15, 0.2) is 5.13 Å². The Labute approximate surface area is 161 Å². The SMILES string of the molecule is CC(=O)Nc1ncc(CN2CCC(=CC(=O)Nc3ccc(F)cc3)CC2)s1. The van der Waals surface area contributed by atoms with E-state index in [1.54, 1.807) is 24.4 Å². The summed E-state index contributed by atoms with van der Waals surface area (Å²) in [5.41, 5.74) is 1.69. The molecule has 0 atom stereocenters. The van der Waals surface area contributed by atoms with Crippen LogP contribution < -0.4 is 10.6 Å². The number of piperidine rings is 1. The zero-order valence-electron chi connectivity index (χ0n) is 15.0. The third-order valence-corrected chi connectivity index (χ3v) is 5.06. The number of aromatic nitrogens is 1. The Morgan fingerprint density at radius 1 is 1.22 bits per heavy atom. The number of benzene rings is 1. The average Bonchev–Trinajstić information content (AvgIpc) is 3.05. The fourth-order valence-corrected chi connectivity index (χ4v) is 3.75. The quantitative estimate of drug-likeness (QED) is 0.770. The molecule has 27 heavy (non-hydrogen) atoms. The lowest BCUT2D eigenvalue weighted by atomic mass is 10.0. The molecule has 0 unspecified atom stereocenters. The molecule has 2 N–H and O–H groups in total. The highest BCUT2D eigenvalue weighted by Gasteiger charge is 2.16. The monoisotopic (exact) mass is 388 g/mol. The molecule has 0 saturated carbocycles. The van der Waals surface area contributed by atoms with Crippen LogP contribution in [0.4, 0.5) is 15.2 Å². The first-order chi connectivity index (χ1) is 13.0. The van der Waals surface area contributed by atoms with Gasteiger partial charge in [0.25, 0.3) is 0 Å². The second kappa shape index (κ2) is 8.88. The van der Waals surface area contributed by atoms with Crippen molar-refractivity contribution in [3.8, 4) is 0 Å². The average molecular weight is 388 g/mol. The largest absolute Gasteiger partial charge is 0.323 e. The fourth-order valence-electron chi connectivity index (χ4n) is 2.85. The van der Waals surface area contributed by atoms with Crippen molar-refractivity contribution < 1.29 is 14.0 Å². The van der Waals surface area contributed by atoms with Crippen molar-refractivity contribution in [3.63, 3.8) is 0 Å². The molecule has 1 saturated heterocycles. The van der Waals surface area contributed by atoms with Crippen LogP contribution in [0.2, 0.25) is 0 Å². The number of amides is 2. The minimum Gasteiger partial charge on any atom is -0.323 e. The first-order valence-electron chi connectivity index (χ1n) is 8.68. The lowest BCUT2D eigenvalue weighted by molar-refractivity contribution is -0.114. The zero-order valence-corrected chi connectivity index (χ0v) is 15.8. The number of halogens is 1. The van der Waals surface area contributed by atoms with Crippen LogP contribution in [-0.2, 0) is 16.1 Å². The standard InChI is InChI=1S/C19H21FN4O2S/c1-13(25)22-19-21-11-17(27-19)12-24-8-6-14(7-9-24)10-18(26)23-16-4-2-15(20)3-5-16/h2-5,10-11H,6-9,12H2,1H3,(H,23,26)(H,21,22,25). The highest BCUT2D eigenvalue weighted by Crippen LogP contribution is 2.23. The molecule has 2 heterocycles. The van der Waals surface area contributed by atoms with Crippen LogP contribution in [-0.4, -0.2) is 34.8 Å². The number of thiazole rings is 1. The Hall–Kier alpha value is -2.58. The third kappa shape index (κ3) is 5.97. The van der Waals surface area contributed by atoms with Crippen molar-refractivity contribution in [1.29, 1.82) is 0 Å². The van der Waals surface area contributed by atoms with Gasteiger partial charge in [-0.15, -0.1) is 11.3 Å². The smallest absolute Gasteiger partial charge is 0.248 e. The van der Waals surface area contributed by atoms with Crippen LogP contribution in [0.3, 0.4) is 0 Å². The van der Waals surface area contributed by atoms with Gasteiger partial charge in [-0.25, -0.2) is 9.37 Å². The molecule has 6 nitrogen and oxygen atoms in total. The van der Waals surface area contributed by atoms with E-state index in [2.05, 4.69) is 20.5 Å². The maximum Gasteiger partial charge on any atom is 0.248 e. The van der Waals surface area contributed by atoms with E-state index in [-0.39, 0.29) is 17.6 Å². The minimum absolute atomic E-state index is 0.123. The van der Waals surface area contributed by atoms with E-state index >= 15 is 0 Å². The Balaban J connectivity index is 1.47. The Kier molecular flexibility index (Phi) is 6.31. The molecule has 1 aromatic heterocycles. The number of likely N-dealkylation sites (tertiary alicyclic amines) is 1. The molecule has 1 aliphatic rings. The van der Waals surface area contributed by atoms with Gasteiger partial charge in [0.2, 0.25) is 11.8 Å². The van der Waals surface area contributed by atoms with Gasteiger partial charge in [0, 0.05) is 49.4 Å². The van der Waals surface area contributed by atoms with Crippen molar-refractivity contribution in [2.45, 2.75) is 26.3 Å². The lowest BCUT2D eigenvalue weighted by Crippen LogP contribution is -2.30. The van der Waals surface area contributed by atoms with Crippen LogP contribution in [0, 0.1) is 5.82 Å². The van der Waals surface area contributed by atoms with Gasteiger partial charge in [-0.3, -0.25) is 14.5 Å². The predicted octanol–water partition coefficient (Wildman–Crippen LogP) is 3.40. The summed E-state index contributed by atoms with van der Waals surface area (Å²) in [4.78, 5) is 30.7. The van der Waals surface area contributed by atoms with E-state index in [0.29, 0.717) is 10.8 Å². The van der Waals surface area contributed by atoms with Gasteiger partial charge in [-0.2, -0.15) is 0 Å². The van der Waals surface area contributed by atoms with E-state index in [4.69, 9.17) is 0 Å². The minimum atomic E-state index is -0.330. The molecule has 2 amide bonds. The molecule has 1 aliphatic heterocycles. The van der Waals surface area contributed by atoms with Crippen LogP contribution in [0.25, 0.3) is 0 Å². The second-order valence-corrected chi connectivity index (χ2v) is 7.50. The maximum atomic E-state index is 12.9. The molecule has 142 valence electrons. The number of carbonyl (C=O) groups excluding carboxylic acids is 2. The number of nitrogens with one attached hydrogen (secondary N) is 2. The van der Waals surface area contributed by atoms with Crippen LogP contribution in [0.5, 0.6) is 0 Å².